The summed E-state index contributed by atoms with van der Waals surface area (Å²) < 4.78 is 10.4. The van der Waals surface area contributed by atoms with E-state index in [1.54, 1.807) is 0 Å². The zero-order chi connectivity index (χ0) is 33.8. The van der Waals surface area contributed by atoms with Gasteiger partial charge in [0.25, 0.3) is 0 Å². The Bertz CT molecular complexity index is 690. The summed E-state index contributed by atoms with van der Waals surface area (Å²) in [6, 6.07) is -1.13. The molecule has 272 valence electrons. The van der Waals surface area contributed by atoms with Crippen LogP contribution >= 0.6 is 0 Å². The second kappa shape index (κ2) is 35.9. The maximum absolute atomic E-state index is 12.0. The molecule has 0 radical (unpaired) electrons. The highest BCUT2D eigenvalue weighted by Gasteiger charge is 2.20. The van der Waals surface area contributed by atoms with Crippen LogP contribution in [0.3, 0.4) is 0 Å². The molecule has 0 fully saturated rings. The molecule has 0 unspecified atom stereocenters. The minimum Gasteiger partial charge on any atom is -0.480 e. The van der Waals surface area contributed by atoms with E-state index >= 15 is 0 Å². The third-order valence-corrected chi connectivity index (χ3v) is 8.75. The number of alkyl carbamates (subject to hydrolysis) is 2. The Balaban J connectivity index is 3.60. The fraction of sp³-hybridized carbons (Fsp3) is 0.921. The highest BCUT2D eigenvalue weighted by atomic mass is 16.6. The lowest BCUT2D eigenvalue weighted by Crippen LogP contribution is -2.43. The molecular weight excluding hydrogens is 580 g/mol. The lowest BCUT2D eigenvalue weighted by molar-refractivity contribution is -0.139. The zero-order valence-corrected chi connectivity index (χ0v) is 30.2. The van der Waals surface area contributed by atoms with Crippen LogP contribution in [0.5, 0.6) is 0 Å². The molecule has 46 heavy (non-hydrogen) atoms. The van der Waals surface area contributed by atoms with Crippen molar-refractivity contribution in [3.63, 3.8) is 0 Å². The number of carbonyl (C=O) groups is 3. The number of hydrogen-bond acceptors (Lipinski definition) is 5. The molecule has 0 bridgehead atoms. The summed E-state index contributed by atoms with van der Waals surface area (Å²) in [6.07, 6.45) is 34.1. The minimum atomic E-state index is -1.16. The van der Waals surface area contributed by atoms with Gasteiger partial charge in [0.05, 0.1) is 13.2 Å². The SMILES string of the molecule is CCCCCCCCCCCCCCCCOC(=O)NCC[C@H](NC(=O)OCCCCCCCCCCCCCCCC)C(=O)O. The van der Waals surface area contributed by atoms with Gasteiger partial charge in [-0.25, -0.2) is 14.4 Å². The fourth-order valence-corrected chi connectivity index (χ4v) is 5.73. The van der Waals surface area contributed by atoms with E-state index in [0.717, 1.165) is 38.5 Å². The van der Waals surface area contributed by atoms with E-state index in [1.807, 2.05) is 0 Å². The van der Waals surface area contributed by atoms with Crippen LogP contribution in [0.25, 0.3) is 0 Å². The first kappa shape index (κ1) is 44.0. The Morgan fingerprint density at radius 1 is 0.478 bits per heavy atom. The molecule has 0 aliphatic carbocycles. The molecule has 3 N–H and O–H groups in total. The van der Waals surface area contributed by atoms with E-state index in [4.69, 9.17) is 9.47 Å². The van der Waals surface area contributed by atoms with Gasteiger partial charge in [-0.1, -0.05) is 181 Å². The summed E-state index contributed by atoms with van der Waals surface area (Å²) in [7, 11) is 0. The van der Waals surface area contributed by atoms with E-state index in [9.17, 15) is 19.5 Å². The summed E-state index contributed by atoms with van der Waals surface area (Å²) in [5.74, 6) is -1.16. The molecule has 0 heterocycles. The van der Waals surface area contributed by atoms with E-state index in [-0.39, 0.29) is 19.6 Å². The van der Waals surface area contributed by atoms with Gasteiger partial charge in [-0.05, 0) is 19.3 Å². The van der Waals surface area contributed by atoms with Gasteiger partial charge < -0.3 is 25.2 Å². The first-order valence-electron chi connectivity index (χ1n) is 19.6. The summed E-state index contributed by atoms with van der Waals surface area (Å²) in [4.78, 5) is 35.5. The first-order valence-corrected chi connectivity index (χ1v) is 19.6. The summed E-state index contributed by atoms with van der Waals surface area (Å²) in [6.45, 7) is 5.24. The van der Waals surface area contributed by atoms with Crippen molar-refractivity contribution >= 4 is 18.2 Å². The van der Waals surface area contributed by atoms with Gasteiger partial charge in [0, 0.05) is 6.54 Å². The number of carboxylic acids is 1. The molecule has 1 atom stereocenters. The molecule has 0 spiro atoms. The van der Waals surface area contributed by atoms with E-state index in [0.29, 0.717) is 6.61 Å². The lowest BCUT2D eigenvalue weighted by atomic mass is 10.0. The smallest absolute Gasteiger partial charge is 0.407 e. The normalized spacial score (nSPS) is 11.7. The van der Waals surface area contributed by atoms with Crippen molar-refractivity contribution < 1.29 is 29.0 Å². The van der Waals surface area contributed by atoms with Crippen LogP contribution < -0.4 is 10.6 Å². The Morgan fingerprint density at radius 3 is 1.11 bits per heavy atom. The number of nitrogens with one attached hydrogen (secondary N) is 2. The van der Waals surface area contributed by atoms with Crippen molar-refractivity contribution in [2.75, 3.05) is 19.8 Å². The van der Waals surface area contributed by atoms with Crippen LogP contribution in [0.15, 0.2) is 0 Å². The van der Waals surface area contributed by atoms with Crippen molar-refractivity contribution in [2.45, 2.75) is 206 Å². The van der Waals surface area contributed by atoms with E-state index in [1.165, 1.54) is 141 Å². The van der Waals surface area contributed by atoms with E-state index in [2.05, 4.69) is 24.5 Å². The Morgan fingerprint density at radius 2 is 0.783 bits per heavy atom. The van der Waals surface area contributed by atoms with Gasteiger partial charge in [0.2, 0.25) is 0 Å². The molecule has 0 aliphatic rings. The van der Waals surface area contributed by atoms with Gasteiger partial charge >= 0.3 is 18.2 Å². The monoisotopic (exact) mass is 655 g/mol. The number of rotatable bonds is 35. The molecule has 2 amide bonds. The molecule has 0 rings (SSSR count). The number of aliphatic carboxylic acids is 1. The van der Waals surface area contributed by atoms with Gasteiger partial charge in [0.15, 0.2) is 0 Å². The van der Waals surface area contributed by atoms with Crippen LogP contribution in [-0.2, 0) is 14.3 Å². The number of hydrogen-bond donors (Lipinski definition) is 3. The third kappa shape index (κ3) is 33.4. The van der Waals surface area contributed by atoms with Crippen LogP contribution in [0.4, 0.5) is 9.59 Å². The van der Waals surface area contributed by atoms with Crippen molar-refractivity contribution in [3.8, 4) is 0 Å². The van der Waals surface area contributed by atoms with Crippen LogP contribution in [0, 0.1) is 0 Å². The first-order chi connectivity index (χ1) is 22.5. The molecule has 0 aliphatic heterocycles. The predicted octanol–water partition coefficient (Wildman–Crippen LogP) is 11.2. The lowest BCUT2D eigenvalue weighted by Gasteiger charge is -2.15. The van der Waals surface area contributed by atoms with Crippen LogP contribution in [0.1, 0.15) is 200 Å². The topological polar surface area (TPSA) is 114 Å². The number of carbonyl (C=O) groups excluding carboxylic acids is 2. The summed E-state index contributed by atoms with van der Waals surface area (Å²) in [5, 5.41) is 14.4. The summed E-state index contributed by atoms with van der Waals surface area (Å²) >= 11 is 0. The van der Waals surface area contributed by atoms with Gasteiger partial charge in [-0.2, -0.15) is 0 Å². The quantitative estimate of drug-likeness (QED) is 0.0586. The average Bonchev–Trinajstić information content (AvgIpc) is 3.04. The Hall–Kier alpha value is -1.99. The van der Waals surface area contributed by atoms with Crippen molar-refractivity contribution in [3.05, 3.63) is 0 Å². The molecule has 0 aromatic heterocycles. The minimum absolute atomic E-state index is 0.0528. The number of ether oxygens (including phenoxy) is 2. The van der Waals surface area contributed by atoms with Crippen LogP contribution in [0.2, 0.25) is 0 Å². The highest BCUT2D eigenvalue weighted by Crippen LogP contribution is 2.14. The van der Waals surface area contributed by atoms with Gasteiger partial charge in [-0.15, -0.1) is 0 Å². The molecular formula is C38H74N2O6. The largest absolute Gasteiger partial charge is 0.480 e. The maximum atomic E-state index is 12.0. The zero-order valence-electron chi connectivity index (χ0n) is 30.2. The molecule has 8 nitrogen and oxygen atoms in total. The maximum Gasteiger partial charge on any atom is 0.407 e. The van der Waals surface area contributed by atoms with Crippen molar-refractivity contribution in [1.82, 2.24) is 10.6 Å². The summed E-state index contributed by atoms with van der Waals surface area (Å²) in [5.41, 5.74) is 0. The number of carboxylic acid groups (broad SMARTS) is 1. The molecule has 8 heteroatoms. The Labute approximate surface area is 283 Å². The highest BCUT2D eigenvalue weighted by molar-refractivity contribution is 5.79. The molecule has 0 aromatic carbocycles. The number of unbranched alkanes of at least 4 members (excludes halogenated alkanes) is 26. The molecule has 0 saturated heterocycles. The average molecular weight is 655 g/mol. The third-order valence-electron chi connectivity index (χ3n) is 8.75. The van der Waals surface area contributed by atoms with Gasteiger partial charge in [0.1, 0.15) is 6.04 Å². The second-order valence-electron chi connectivity index (χ2n) is 13.2. The van der Waals surface area contributed by atoms with E-state index < -0.39 is 24.2 Å². The predicted molar refractivity (Wildman–Crippen MR) is 190 cm³/mol. The second-order valence-corrected chi connectivity index (χ2v) is 13.2. The molecule has 0 aromatic rings. The standard InChI is InChI=1S/C38H74N2O6/c1-3-5-7-9-11-13-15-17-19-21-23-25-27-29-33-45-37(43)39-32-31-35(36(41)42)40-38(44)46-34-30-28-26-24-22-20-18-16-14-12-10-8-6-4-2/h35H,3-34H2,1-2H3,(H,39,43)(H,40,44)(H,41,42)/t35-/m0/s1. The Kier molecular flexibility index (Phi) is 34.3. The molecule has 0 saturated carbocycles. The van der Waals surface area contributed by atoms with Crippen LogP contribution in [-0.4, -0.2) is 49.1 Å². The number of amides is 2. The van der Waals surface area contributed by atoms with Gasteiger partial charge in [-0.3, -0.25) is 0 Å². The van der Waals surface area contributed by atoms with Crippen molar-refractivity contribution in [1.29, 1.82) is 0 Å². The fourth-order valence-electron chi connectivity index (χ4n) is 5.73. The van der Waals surface area contributed by atoms with Crippen molar-refractivity contribution in [2.24, 2.45) is 0 Å².